The van der Waals surface area contributed by atoms with Gasteiger partial charge in [-0.3, -0.25) is 14.5 Å². The summed E-state index contributed by atoms with van der Waals surface area (Å²) < 4.78 is 5.26. The number of Topliss-reactive ketones (excluding diaryl/α,β-unsaturated/α-hetero) is 2. The minimum absolute atomic E-state index is 0.0789. The molecule has 0 aromatic carbocycles. The molecule has 4 heteroatoms. The van der Waals surface area contributed by atoms with Crippen molar-refractivity contribution < 1.29 is 14.3 Å². The van der Waals surface area contributed by atoms with Crippen molar-refractivity contribution >= 4 is 11.6 Å². The van der Waals surface area contributed by atoms with Gasteiger partial charge < -0.3 is 4.74 Å². The highest BCUT2D eigenvalue weighted by Crippen LogP contribution is 2.27. The van der Waals surface area contributed by atoms with E-state index in [9.17, 15) is 9.59 Å². The van der Waals surface area contributed by atoms with Crippen LogP contribution in [-0.4, -0.2) is 48.8 Å². The number of nitrogens with zero attached hydrogens (tertiary/aromatic N) is 1. The molecule has 0 saturated heterocycles. The molecule has 0 bridgehead atoms. The zero-order valence-electron chi connectivity index (χ0n) is 16.1. The van der Waals surface area contributed by atoms with Crippen LogP contribution in [0.4, 0.5) is 0 Å². The molecule has 0 aliphatic carbocycles. The number of methoxy groups -OCH3 is 1. The Bertz CT molecular complexity index is 459. The topological polar surface area (TPSA) is 46.6 Å². The Balaban J connectivity index is 5.21. The molecule has 0 aliphatic heterocycles. The first-order valence-corrected chi connectivity index (χ1v) is 8.33. The van der Waals surface area contributed by atoms with Gasteiger partial charge in [-0.25, -0.2) is 0 Å². The average Bonchev–Trinajstić information content (AvgIpc) is 2.49. The average molecular weight is 323 g/mol. The number of ether oxygens (including phenoxy) is 1. The normalized spacial score (nSPS) is 13.4. The number of rotatable bonds is 8. The number of ketones is 2. The molecule has 0 aromatic heterocycles. The fraction of sp³-hybridized carbons (Fsp3) is 0.789. The van der Waals surface area contributed by atoms with Crippen LogP contribution in [0.5, 0.6) is 0 Å². The quantitative estimate of drug-likeness (QED) is 0.509. The van der Waals surface area contributed by atoms with Gasteiger partial charge in [0.1, 0.15) is 11.4 Å². The third-order valence-electron chi connectivity index (χ3n) is 4.10. The van der Waals surface area contributed by atoms with E-state index < -0.39 is 16.9 Å². The van der Waals surface area contributed by atoms with Gasteiger partial charge in [-0.05, 0) is 26.9 Å². The summed E-state index contributed by atoms with van der Waals surface area (Å²) >= 11 is 0. The zero-order valence-corrected chi connectivity index (χ0v) is 16.1. The Hall–Kier alpha value is -1.18. The third-order valence-corrected chi connectivity index (χ3v) is 4.10. The molecule has 0 N–H and O–H groups in total. The van der Waals surface area contributed by atoms with Gasteiger partial charge in [0, 0.05) is 18.9 Å². The predicted molar refractivity (Wildman–Crippen MR) is 94.2 cm³/mol. The number of carbonyl (C=O) groups excluding carboxylic acids is 2. The van der Waals surface area contributed by atoms with Crippen molar-refractivity contribution in [3.63, 3.8) is 0 Å². The van der Waals surface area contributed by atoms with E-state index in [4.69, 9.17) is 4.74 Å². The lowest BCUT2D eigenvalue weighted by atomic mass is 9.76. The van der Waals surface area contributed by atoms with E-state index >= 15 is 0 Å². The van der Waals surface area contributed by atoms with Crippen LogP contribution in [0.2, 0.25) is 0 Å². The second-order valence-corrected chi connectivity index (χ2v) is 7.26. The van der Waals surface area contributed by atoms with E-state index in [1.165, 1.54) is 7.11 Å². The van der Waals surface area contributed by atoms with Crippen LogP contribution >= 0.6 is 0 Å². The molecular weight excluding hydrogens is 290 g/mol. The van der Waals surface area contributed by atoms with E-state index in [2.05, 4.69) is 30.6 Å². The molecule has 0 amide bonds. The van der Waals surface area contributed by atoms with Crippen LogP contribution in [-0.2, 0) is 14.3 Å². The van der Waals surface area contributed by atoms with Crippen LogP contribution in [0.1, 0.15) is 54.9 Å². The first-order valence-electron chi connectivity index (χ1n) is 8.33. The summed E-state index contributed by atoms with van der Waals surface area (Å²) in [6.45, 7) is 15.6. The lowest BCUT2D eigenvalue weighted by Gasteiger charge is -2.29. The van der Waals surface area contributed by atoms with Gasteiger partial charge in [-0.1, -0.05) is 40.5 Å². The van der Waals surface area contributed by atoms with Crippen molar-refractivity contribution in [3.8, 4) is 11.8 Å². The first-order chi connectivity index (χ1) is 10.5. The lowest BCUT2D eigenvalue weighted by molar-refractivity contribution is -0.148. The highest BCUT2D eigenvalue weighted by atomic mass is 16.5. The second kappa shape index (κ2) is 9.20. The van der Waals surface area contributed by atoms with Gasteiger partial charge in [-0.15, -0.1) is 5.92 Å². The van der Waals surface area contributed by atoms with Crippen molar-refractivity contribution in [2.24, 2.45) is 11.3 Å². The molecule has 0 aliphatic rings. The van der Waals surface area contributed by atoms with Crippen LogP contribution in [0.25, 0.3) is 0 Å². The highest BCUT2D eigenvalue weighted by molar-refractivity contribution is 6.07. The third kappa shape index (κ3) is 6.85. The van der Waals surface area contributed by atoms with Crippen LogP contribution in [0, 0.1) is 23.2 Å². The maximum absolute atomic E-state index is 12.7. The van der Waals surface area contributed by atoms with Crippen LogP contribution < -0.4 is 0 Å². The molecule has 0 aromatic rings. The monoisotopic (exact) mass is 323 g/mol. The van der Waals surface area contributed by atoms with Crippen LogP contribution in [0.3, 0.4) is 0 Å². The van der Waals surface area contributed by atoms with E-state index in [-0.39, 0.29) is 18.0 Å². The largest absolute Gasteiger partial charge is 0.371 e. The van der Waals surface area contributed by atoms with Gasteiger partial charge in [-0.2, -0.15) is 0 Å². The van der Waals surface area contributed by atoms with E-state index in [0.717, 1.165) is 13.1 Å². The van der Waals surface area contributed by atoms with Gasteiger partial charge in [0.05, 0.1) is 12.5 Å². The summed E-state index contributed by atoms with van der Waals surface area (Å²) in [6, 6.07) is 0. The fourth-order valence-electron chi connectivity index (χ4n) is 2.14. The second-order valence-electron chi connectivity index (χ2n) is 7.26. The molecule has 0 saturated carbocycles. The Morgan fingerprint density at radius 2 is 1.52 bits per heavy atom. The smallest absolute Gasteiger partial charge is 0.175 e. The first kappa shape index (κ1) is 21.8. The maximum Gasteiger partial charge on any atom is 0.175 e. The van der Waals surface area contributed by atoms with Crippen molar-refractivity contribution in [3.05, 3.63) is 0 Å². The molecule has 23 heavy (non-hydrogen) atoms. The van der Waals surface area contributed by atoms with Gasteiger partial charge in [0.25, 0.3) is 0 Å². The Morgan fingerprint density at radius 3 is 1.91 bits per heavy atom. The SMILES string of the molecule is CCN(CC)CC#CCC(C(=O)C(C)(C)C)C(=O)C(C)(C)OC. The van der Waals surface area contributed by atoms with E-state index in [1.54, 1.807) is 13.8 Å². The standard InChI is InChI=1S/C19H33NO3/c1-9-20(10-2)14-12-11-13-15(16(21)18(3,4)5)17(22)19(6,7)23-8/h15H,9-10,13-14H2,1-8H3. The minimum Gasteiger partial charge on any atom is -0.371 e. The molecule has 0 rings (SSSR count). The molecule has 1 atom stereocenters. The number of carbonyl (C=O) groups is 2. The van der Waals surface area contributed by atoms with Gasteiger partial charge in [0.2, 0.25) is 0 Å². The Morgan fingerprint density at radius 1 is 1.00 bits per heavy atom. The maximum atomic E-state index is 12.7. The van der Waals surface area contributed by atoms with E-state index in [0.29, 0.717) is 6.54 Å². The molecule has 4 nitrogen and oxygen atoms in total. The summed E-state index contributed by atoms with van der Waals surface area (Å²) in [5.74, 6) is 5.09. The zero-order chi connectivity index (χ0) is 18.3. The van der Waals surface area contributed by atoms with Crippen LogP contribution in [0.15, 0.2) is 0 Å². The summed E-state index contributed by atoms with van der Waals surface area (Å²) in [4.78, 5) is 27.5. The van der Waals surface area contributed by atoms with Gasteiger partial charge >= 0.3 is 0 Å². The molecule has 132 valence electrons. The molecule has 1 unspecified atom stereocenters. The lowest BCUT2D eigenvalue weighted by Crippen LogP contribution is -2.44. The predicted octanol–water partition coefficient (Wildman–Crippen LogP) is 2.95. The minimum atomic E-state index is -0.980. The van der Waals surface area contributed by atoms with Crippen molar-refractivity contribution in [1.82, 2.24) is 4.90 Å². The number of hydrogen-bond acceptors (Lipinski definition) is 4. The molecular formula is C19H33NO3. The van der Waals surface area contributed by atoms with Crippen molar-refractivity contribution in [2.75, 3.05) is 26.7 Å². The number of hydrogen-bond donors (Lipinski definition) is 0. The molecule has 0 heterocycles. The molecule has 0 radical (unpaired) electrons. The summed E-state index contributed by atoms with van der Waals surface area (Å²) in [6.07, 6.45) is 0.253. The van der Waals surface area contributed by atoms with Crippen molar-refractivity contribution in [2.45, 2.75) is 60.5 Å². The molecule has 0 fully saturated rings. The molecule has 0 spiro atoms. The van der Waals surface area contributed by atoms with E-state index in [1.807, 2.05) is 20.8 Å². The fourth-order valence-corrected chi connectivity index (χ4v) is 2.14. The highest BCUT2D eigenvalue weighted by Gasteiger charge is 2.40. The van der Waals surface area contributed by atoms with Crippen molar-refractivity contribution in [1.29, 1.82) is 0 Å². The Kier molecular flexibility index (Phi) is 8.73. The summed E-state index contributed by atoms with van der Waals surface area (Å²) in [5, 5.41) is 0. The summed E-state index contributed by atoms with van der Waals surface area (Å²) in [5.41, 5.74) is -1.56. The Labute approximate surface area is 142 Å². The summed E-state index contributed by atoms with van der Waals surface area (Å²) in [7, 11) is 1.49. The van der Waals surface area contributed by atoms with Gasteiger partial charge in [0.15, 0.2) is 5.78 Å².